The highest BCUT2D eigenvalue weighted by Gasteiger charge is 2.19. The minimum Gasteiger partial charge on any atom is -0.444 e. The summed E-state index contributed by atoms with van der Waals surface area (Å²) in [4.78, 5) is 11.8. The molecule has 0 saturated heterocycles. The van der Waals surface area contributed by atoms with Crippen LogP contribution in [0.2, 0.25) is 0 Å². The van der Waals surface area contributed by atoms with E-state index in [1.807, 2.05) is 52.0 Å². The van der Waals surface area contributed by atoms with E-state index >= 15 is 0 Å². The smallest absolute Gasteiger partial charge is 0.409 e. The van der Waals surface area contributed by atoms with Crippen LogP contribution < -0.4 is 5.32 Å². The van der Waals surface area contributed by atoms with Gasteiger partial charge in [-0.3, -0.25) is 5.32 Å². The lowest BCUT2D eigenvalue weighted by atomic mass is 10.1. The highest BCUT2D eigenvalue weighted by Crippen LogP contribution is 2.13. The zero-order valence-corrected chi connectivity index (χ0v) is 14.0. The lowest BCUT2D eigenvalue weighted by Crippen LogP contribution is -2.41. The van der Waals surface area contributed by atoms with Gasteiger partial charge in [-0.2, -0.15) is 0 Å². The number of hydrogen-bond donors (Lipinski definition) is 1. The van der Waals surface area contributed by atoms with Gasteiger partial charge in [-0.25, -0.2) is 4.79 Å². The Labute approximate surface area is 129 Å². The maximum absolute atomic E-state index is 11.8. The number of halogens is 1. The first kappa shape index (κ1) is 17.0. The number of ether oxygens (including phenoxy) is 2. The Bertz CT molecular complexity index is 426. The zero-order valence-electron chi connectivity index (χ0n) is 12.4. The van der Waals surface area contributed by atoms with E-state index in [4.69, 9.17) is 9.47 Å². The average molecular weight is 344 g/mol. The molecule has 0 saturated carbocycles. The summed E-state index contributed by atoms with van der Waals surface area (Å²) in [5.74, 6) is 0. The van der Waals surface area contributed by atoms with E-state index in [0.29, 0.717) is 13.0 Å². The van der Waals surface area contributed by atoms with E-state index in [2.05, 4.69) is 21.2 Å². The number of nitrogens with one attached hydrogen (secondary N) is 1. The van der Waals surface area contributed by atoms with Gasteiger partial charge in [0.25, 0.3) is 0 Å². The van der Waals surface area contributed by atoms with Crippen molar-refractivity contribution in [2.45, 2.75) is 45.9 Å². The van der Waals surface area contributed by atoms with Crippen LogP contribution in [0.4, 0.5) is 4.79 Å². The molecule has 4 nitrogen and oxygen atoms in total. The third-order valence-electron chi connectivity index (χ3n) is 2.38. The van der Waals surface area contributed by atoms with Gasteiger partial charge in [0.15, 0.2) is 0 Å². The first-order valence-electron chi connectivity index (χ1n) is 6.65. The Morgan fingerprint density at radius 3 is 2.40 bits per heavy atom. The van der Waals surface area contributed by atoms with Crippen molar-refractivity contribution in [3.05, 3.63) is 34.3 Å². The third-order valence-corrected chi connectivity index (χ3v) is 2.91. The molecule has 1 aromatic rings. The van der Waals surface area contributed by atoms with Gasteiger partial charge in [0.05, 0.1) is 0 Å². The van der Waals surface area contributed by atoms with E-state index in [-0.39, 0.29) is 0 Å². The lowest BCUT2D eigenvalue weighted by molar-refractivity contribution is 0.0105. The molecular weight excluding hydrogens is 322 g/mol. The molecule has 0 radical (unpaired) electrons. The van der Waals surface area contributed by atoms with Gasteiger partial charge in [0, 0.05) is 17.5 Å². The second-order valence-electron chi connectivity index (χ2n) is 5.42. The second kappa shape index (κ2) is 7.64. The van der Waals surface area contributed by atoms with Crippen LogP contribution in [0.3, 0.4) is 0 Å². The van der Waals surface area contributed by atoms with E-state index in [1.54, 1.807) is 0 Å². The molecule has 0 aromatic heterocycles. The summed E-state index contributed by atoms with van der Waals surface area (Å²) in [5, 5.41) is 2.74. The van der Waals surface area contributed by atoms with Crippen LogP contribution in [0.15, 0.2) is 28.7 Å². The van der Waals surface area contributed by atoms with Crippen molar-refractivity contribution in [2.75, 3.05) is 6.61 Å². The first-order chi connectivity index (χ1) is 9.30. The third kappa shape index (κ3) is 6.91. The number of hydrogen-bond acceptors (Lipinski definition) is 3. The molecule has 0 aliphatic heterocycles. The molecule has 0 heterocycles. The SMILES string of the molecule is CCO[C@H](Cc1ccc(Br)cc1)NC(=O)OC(C)(C)C. The standard InChI is InChI=1S/C15H22BrNO3/c1-5-19-13(17-14(18)20-15(2,3)4)10-11-6-8-12(16)9-7-11/h6-9,13H,5,10H2,1-4H3,(H,17,18)/t13-/m1/s1. The predicted molar refractivity (Wildman–Crippen MR) is 82.6 cm³/mol. The quantitative estimate of drug-likeness (QED) is 0.825. The van der Waals surface area contributed by atoms with E-state index < -0.39 is 17.9 Å². The summed E-state index contributed by atoms with van der Waals surface area (Å²) in [7, 11) is 0. The van der Waals surface area contributed by atoms with E-state index in [0.717, 1.165) is 10.0 Å². The summed E-state index contributed by atoms with van der Waals surface area (Å²) in [6.45, 7) is 7.91. The van der Waals surface area contributed by atoms with Crippen molar-refractivity contribution in [2.24, 2.45) is 0 Å². The molecule has 0 spiro atoms. The molecule has 1 N–H and O–H groups in total. The summed E-state index contributed by atoms with van der Waals surface area (Å²) in [6, 6.07) is 7.91. The van der Waals surface area contributed by atoms with Crippen LogP contribution in [-0.2, 0) is 15.9 Å². The van der Waals surface area contributed by atoms with Crippen LogP contribution >= 0.6 is 15.9 Å². The first-order valence-corrected chi connectivity index (χ1v) is 7.45. The lowest BCUT2D eigenvalue weighted by Gasteiger charge is -2.23. The fourth-order valence-corrected chi connectivity index (χ4v) is 1.89. The monoisotopic (exact) mass is 343 g/mol. The number of benzene rings is 1. The highest BCUT2D eigenvalue weighted by molar-refractivity contribution is 9.10. The Kier molecular flexibility index (Phi) is 6.49. The number of carbonyl (C=O) groups is 1. The van der Waals surface area contributed by atoms with Gasteiger partial charge in [0.1, 0.15) is 11.8 Å². The van der Waals surface area contributed by atoms with Gasteiger partial charge in [-0.05, 0) is 45.4 Å². The molecule has 0 aliphatic rings. The van der Waals surface area contributed by atoms with Crippen molar-refractivity contribution in [1.29, 1.82) is 0 Å². The number of rotatable bonds is 5. The fourth-order valence-electron chi connectivity index (χ4n) is 1.63. The molecule has 1 aromatic carbocycles. The van der Waals surface area contributed by atoms with E-state index in [1.165, 1.54) is 0 Å². The molecule has 0 bridgehead atoms. The van der Waals surface area contributed by atoms with Gasteiger partial charge in [-0.15, -0.1) is 0 Å². The zero-order chi connectivity index (χ0) is 15.2. The Balaban J connectivity index is 2.60. The molecule has 0 aliphatic carbocycles. The van der Waals surface area contributed by atoms with Crippen LogP contribution in [0, 0.1) is 0 Å². The molecule has 1 amide bonds. The van der Waals surface area contributed by atoms with E-state index in [9.17, 15) is 4.79 Å². The normalized spacial score (nSPS) is 12.8. The maximum atomic E-state index is 11.8. The number of carbonyl (C=O) groups excluding carboxylic acids is 1. The molecule has 1 rings (SSSR count). The highest BCUT2D eigenvalue weighted by atomic mass is 79.9. The van der Waals surface area contributed by atoms with Crippen LogP contribution in [-0.4, -0.2) is 24.5 Å². The second-order valence-corrected chi connectivity index (χ2v) is 6.34. The molecule has 0 fully saturated rings. The van der Waals surface area contributed by atoms with Gasteiger partial charge in [0.2, 0.25) is 0 Å². The molecular formula is C15H22BrNO3. The Morgan fingerprint density at radius 2 is 1.90 bits per heavy atom. The van der Waals surface area contributed by atoms with Gasteiger partial charge >= 0.3 is 6.09 Å². The minimum atomic E-state index is -0.515. The number of alkyl carbamates (subject to hydrolysis) is 1. The van der Waals surface area contributed by atoms with Crippen LogP contribution in [0.25, 0.3) is 0 Å². The summed E-state index contributed by atoms with van der Waals surface area (Å²) in [6.07, 6.45) is -0.260. The molecule has 0 unspecified atom stereocenters. The van der Waals surface area contributed by atoms with Crippen molar-refractivity contribution < 1.29 is 14.3 Å². The molecule has 112 valence electrons. The minimum absolute atomic E-state index is 0.393. The Hall–Kier alpha value is -1.07. The molecule has 1 atom stereocenters. The maximum Gasteiger partial charge on any atom is 0.409 e. The van der Waals surface area contributed by atoms with Crippen molar-refractivity contribution in [3.63, 3.8) is 0 Å². The molecule has 5 heteroatoms. The largest absolute Gasteiger partial charge is 0.444 e. The van der Waals surface area contributed by atoms with Crippen molar-refractivity contribution >= 4 is 22.0 Å². The summed E-state index contributed by atoms with van der Waals surface area (Å²) < 4.78 is 11.8. The van der Waals surface area contributed by atoms with Crippen LogP contribution in [0.1, 0.15) is 33.3 Å². The van der Waals surface area contributed by atoms with Gasteiger partial charge in [-0.1, -0.05) is 28.1 Å². The van der Waals surface area contributed by atoms with Gasteiger partial charge < -0.3 is 9.47 Å². The van der Waals surface area contributed by atoms with Crippen LogP contribution in [0.5, 0.6) is 0 Å². The fraction of sp³-hybridized carbons (Fsp3) is 0.533. The topological polar surface area (TPSA) is 47.6 Å². The average Bonchev–Trinajstić information content (AvgIpc) is 2.30. The Morgan fingerprint density at radius 1 is 1.30 bits per heavy atom. The predicted octanol–water partition coefficient (Wildman–Crippen LogP) is 3.88. The van der Waals surface area contributed by atoms with Crippen molar-refractivity contribution in [3.8, 4) is 0 Å². The molecule has 20 heavy (non-hydrogen) atoms. The number of amides is 1. The summed E-state index contributed by atoms with van der Waals surface area (Å²) in [5.41, 5.74) is 0.570. The summed E-state index contributed by atoms with van der Waals surface area (Å²) >= 11 is 3.39. The van der Waals surface area contributed by atoms with Crippen molar-refractivity contribution in [1.82, 2.24) is 5.32 Å².